The Bertz CT molecular complexity index is 372. The van der Waals surface area contributed by atoms with Crippen molar-refractivity contribution in [2.75, 3.05) is 26.2 Å². The number of carboxylic acid groups (broad SMARTS) is 1. The van der Waals surface area contributed by atoms with Gasteiger partial charge in [0.2, 0.25) is 5.91 Å². The van der Waals surface area contributed by atoms with E-state index in [1.54, 1.807) is 0 Å². The molecule has 0 aromatic heterocycles. The molecule has 2 rings (SSSR count). The highest BCUT2D eigenvalue weighted by Gasteiger charge is 2.42. The molecule has 2 aliphatic heterocycles. The second-order valence-electron chi connectivity index (χ2n) is 6.62. The lowest BCUT2D eigenvalue weighted by molar-refractivity contribution is -0.143. The number of aliphatic carboxylic acids is 1. The topological polar surface area (TPSA) is 69.6 Å². The fourth-order valence-electron chi connectivity index (χ4n) is 3.87. The number of carboxylic acids is 1. The first kappa shape index (κ1) is 16.3. The Balaban J connectivity index is 1.93. The van der Waals surface area contributed by atoms with E-state index in [4.69, 9.17) is 5.11 Å². The van der Waals surface area contributed by atoms with Gasteiger partial charge in [0.25, 0.3) is 0 Å². The molecule has 2 saturated heterocycles. The summed E-state index contributed by atoms with van der Waals surface area (Å²) in [7, 11) is 0. The summed E-state index contributed by atoms with van der Waals surface area (Å²) in [6.45, 7) is 5.58. The van der Waals surface area contributed by atoms with E-state index < -0.39 is 5.97 Å². The first-order valence-electron chi connectivity index (χ1n) is 8.29. The molecule has 0 saturated carbocycles. The number of piperidine rings is 1. The van der Waals surface area contributed by atoms with Crippen LogP contribution >= 0.6 is 0 Å². The lowest BCUT2D eigenvalue weighted by atomic mass is 9.74. The van der Waals surface area contributed by atoms with Crippen molar-refractivity contribution in [3.63, 3.8) is 0 Å². The van der Waals surface area contributed by atoms with Crippen molar-refractivity contribution in [1.82, 2.24) is 10.2 Å². The molecule has 1 unspecified atom stereocenters. The van der Waals surface area contributed by atoms with E-state index in [0.717, 1.165) is 58.3 Å². The first-order valence-corrected chi connectivity index (χ1v) is 8.29. The van der Waals surface area contributed by atoms with Crippen molar-refractivity contribution in [3.05, 3.63) is 0 Å². The minimum Gasteiger partial charge on any atom is -0.481 e. The van der Waals surface area contributed by atoms with E-state index in [1.165, 1.54) is 0 Å². The molecule has 0 radical (unpaired) electrons. The maximum atomic E-state index is 13.0. The molecule has 2 N–H and O–H groups in total. The number of hydrogen-bond donors (Lipinski definition) is 2. The molecule has 0 aliphatic carbocycles. The summed E-state index contributed by atoms with van der Waals surface area (Å²) < 4.78 is 0. The molecule has 0 aromatic carbocycles. The number of likely N-dealkylation sites (tertiary alicyclic amines) is 1. The number of nitrogens with one attached hydrogen (secondary N) is 1. The zero-order valence-electron chi connectivity index (χ0n) is 13.1. The molecule has 120 valence electrons. The Morgan fingerprint density at radius 2 is 2.05 bits per heavy atom. The summed E-state index contributed by atoms with van der Waals surface area (Å²) in [5.74, 6) is -0.0466. The maximum Gasteiger partial charge on any atom is 0.303 e. The number of carbonyl (C=O) groups is 2. The smallest absolute Gasteiger partial charge is 0.303 e. The summed E-state index contributed by atoms with van der Waals surface area (Å²) in [4.78, 5) is 25.7. The van der Waals surface area contributed by atoms with Crippen LogP contribution in [0, 0.1) is 11.3 Å². The third-order valence-electron chi connectivity index (χ3n) is 5.08. The summed E-state index contributed by atoms with van der Waals surface area (Å²) in [5, 5.41) is 12.1. The zero-order valence-corrected chi connectivity index (χ0v) is 13.1. The Morgan fingerprint density at radius 3 is 2.67 bits per heavy atom. The van der Waals surface area contributed by atoms with E-state index >= 15 is 0 Å². The highest BCUT2D eigenvalue weighted by atomic mass is 16.4. The standard InChI is InChI=1S/C16H28N2O3/c1-2-6-16(7-9-17-10-8-16)15(21)18-11-5-13(12-18)3-4-14(19)20/h13,17H,2-12H2,1H3,(H,19,20). The van der Waals surface area contributed by atoms with E-state index in [1.807, 2.05) is 4.90 Å². The van der Waals surface area contributed by atoms with Crippen LogP contribution in [-0.2, 0) is 9.59 Å². The van der Waals surface area contributed by atoms with Crippen molar-refractivity contribution in [2.45, 2.75) is 51.9 Å². The molecule has 2 heterocycles. The van der Waals surface area contributed by atoms with Crippen LogP contribution < -0.4 is 5.32 Å². The molecule has 0 aromatic rings. The Hall–Kier alpha value is -1.10. The Labute approximate surface area is 127 Å². The zero-order chi connectivity index (χ0) is 15.3. The van der Waals surface area contributed by atoms with Gasteiger partial charge in [-0.1, -0.05) is 13.3 Å². The van der Waals surface area contributed by atoms with Gasteiger partial charge in [0, 0.05) is 19.5 Å². The summed E-state index contributed by atoms with van der Waals surface area (Å²) >= 11 is 0. The SMILES string of the molecule is CCCC1(C(=O)N2CCC(CCC(=O)O)C2)CCNCC1. The van der Waals surface area contributed by atoms with Crippen LogP contribution in [0.25, 0.3) is 0 Å². The van der Waals surface area contributed by atoms with Crippen LogP contribution in [0.5, 0.6) is 0 Å². The predicted molar refractivity (Wildman–Crippen MR) is 81.0 cm³/mol. The van der Waals surface area contributed by atoms with Gasteiger partial charge in [0.05, 0.1) is 5.41 Å². The van der Waals surface area contributed by atoms with Gasteiger partial charge in [-0.25, -0.2) is 0 Å². The molecule has 5 nitrogen and oxygen atoms in total. The fourth-order valence-corrected chi connectivity index (χ4v) is 3.87. The van der Waals surface area contributed by atoms with E-state index in [-0.39, 0.29) is 11.8 Å². The molecule has 0 bridgehead atoms. The number of carbonyl (C=O) groups excluding carboxylic acids is 1. The fraction of sp³-hybridized carbons (Fsp3) is 0.875. The Morgan fingerprint density at radius 1 is 1.33 bits per heavy atom. The quantitative estimate of drug-likeness (QED) is 0.785. The average Bonchev–Trinajstić information content (AvgIpc) is 2.94. The number of nitrogens with zero attached hydrogens (tertiary/aromatic N) is 1. The molecule has 2 fully saturated rings. The molecule has 21 heavy (non-hydrogen) atoms. The van der Waals surface area contributed by atoms with Crippen molar-refractivity contribution in [2.24, 2.45) is 11.3 Å². The molecule has 2 aliphatic rings. The van der Waals surface area contributed by atoms with E-state index in [0.29, 0.717) is 18.2 Å². The highest BCUT2D eigenvalue weighted by molar-refractivity contribution is 5.83. The van der Waals surface area contributed by atoms with Gasteiger partial charge in [0.1, 0.15) is 0 Å². The average molecular weight is 296 g/mol. The second-order valence-corrected chi connectivity index (χ2v) is 6.62. The summed E-state index contributed by atoms with van der Waals surface area (Å²) in [6, 6.07) is 0. The molecular formula is C16H28N2O3. The van der Waals surface area contributed by atoms with Crippen LogP contribution in [0.4, 0.5) is 0 Å². The third kappa shape index (κ3) is 3.96. The summed E-state index contributed by atoms with van der Waals surface area (Å²) in [6.07, 6.45) is 5.77. The van der Waals surface area contributed by atoms with Gasteiger partial charge in [-0.15, -0.1) is 0 Å². The van der Waals surface area contributed by atoms with Crippen LogP contribution in [0.15, 0.2) is 0 Å². The minimum atomic E-state index is -0.736. The second kappa shape index (κ2) is 7.25. The summed E-state index contributed by atoms with van der Waals surface area (Å²) in [5.41, 5.74) is -0.165. The normalized spacial score (nSPS) is 25.0. The van der Waals surface area contributed by atoms with Gasteiger partial charge in [-0.3, -0.25) is 9.59 Å². The largest absolute Gasteiger partial charge is 0.481 e. The van der Waals surface area contributed by atoms with Gasteiger partial charge >= 0.3 is 5.97 Å². The highest BCUT2D eigenvalue weighted by Crippen LogP contribution is 2.37. The molecule has 0 spiro atoms. The number of rotatable bonds is 6. The Kier molecular flexibility index (Phi) is 5.62. The van der Waals surface area contributed by atoms with E-state index in [2.05, 4.69) is 12.2 Å². The third-order valence-corrected chi connectivity index (χ3v) is 5.08. The molecular weight excluding hydrogens is 268 g/mol. The lowest BCUT2D eigenvalue weighted by Crippen LogP contribution is -2.48. The first-order chi connectivity index (χ1) is 10.1. The van der Waals surface area contributed by atoms with Crippen molar-refractivity contribution in [3.8, 4) is 0 Å². The maximum absolute atomic E-state index is 13.0. The molecule has 5 heteroatoms. The number of hydrogen-bond acceptors (Lipinski definition) is 3. The van der Waals surface area contributed by atoms with Crippen molar-refractivity contribution < 1.29 is 14.7 Å². The van der Waals surface area contributed by atoms with Gasteiger partial charge in [0.15, 0.2) is 0 Å². The van der Waals surface area contributed by atoms with Gasteiger partial charge in [-0.05, 0) is 51.1 Å². The van der Waals surface area contributed by atoms with E-state index in [9.17, 15) is 9.59 Å². The van der Waals surface area contributed by atoms with Crippen LogP contribution in [-0.4, -0.2) is 48.1 Å². The van der Waals surface area contributed by atoms with Crippen molar-refractivity contribution >= 4 is 11.9 Å². The predicted octanol–water partition coefficient (Wildman–Crippen LogP) is 1.87. The van der Waals surface area contributed by atoms with Crippen LogP contribution in [0.1, 0.15) is 51.9 Å². The minimum absolute atomic E-state index is 0.165. The van der Waals surface area contributed by atoms with Crippen LogP contribution in [0.3, 0.4) is 0 Å². The van der Waals surface area contributed by atoms with Crippen LogP contribution in [0.2, 0.25) is 0 Å². The lowest BCUT2D eigenvalue weighted by Gasteiger charge is -2.39. The molecule has 1 atom stereocenters. The van der Waals surface area contributed by atoms with Gasteiger partial charge in [-0.2, -0.15) is 0 Å². The molecule has 1 amide bonds. The van der Waals surface area contributed by atoms with Gasteiger partial charge < -0.3 is 15.3 Å². The number of amides is 1. The van der Waals surface area contributed by atoms with Crippen molar-refractivity contribution in [1.29, 1.82) is 0 Å². The monoisotopic (exact) mass is 296 g/mol.